The van der Waals surface area contributed by atoms with E-state index in [-0.39, 0.29) is 24.5 Å². The van der Waals surface area contributed by atoms with Crippen molar-refractivity contribution in [3.63, 3.8) is 0 Å². The van der Waals surface area contributed by atoms with Gasteiger partial charge >= 0.3 is 12.0 Å². The molecule has 1 rings (SSSR count). The molecule has 136 valence electrons. The van der Waals surface area contributed by atoms with E-state index >= 15 is 0 Å². The normalized spacial score (nSPS) is 10.2. The zero-order chi connectivity index (χ0) is 18.8. The Morgan fingerprint density at radius 3 is 2.32 bits per heavy atom. The molecular weight excluding hydrogens is 392 g/mol. The second kappa shape index (κ2) is 10.6. The monoisotopic (exact) mass is 412 g/mol. The number of ketones is 1. The summed E-state index contributed by atoms with van der Waals surface area (Å²) < 4.78 is 5.60. The summed E-state index contributed by atoms with van der Waals surface area (Å²) in [6.07, 6.45) is -0.154. The number of Topliss-reactive ketones (excluding diaryl/α,β-unsaturated/α-hetero) is 1. The van der Waals surface area contributed by atoms with E-state index in [2.05, 4.69) is 21.2 Å². The first-order valence-corrected chi connectivity index (χ1v) is 8.59. The van der Waals surface area contributed by atoms with E-state index < -0.39 is 24.5 Å². The number of amides is 3. The van der Waals surface area contributed by atoms with E-state index in [0.29, 0.717) is 12.1 Å². The molecule has 2 N–H and O–H groups in total. The number of halogens is 1. The van der Waals surface area contributed by atoms with Gasteiger partial charge < -0.3 is 10.1 Å². The Labute approximate surface area is 154 Å². The Morgan fingerprint density at radius 2 is 1.72 bits per heavy atom. The zero-order valence-corrected chi connectivity index (χ0v) is 15.7. The summed E-state index contributed by atoms with van der Waals surface area (Å²) in [5.41, 5.74) is 0.496. The minimum absolute atomic E-state index is 0.0169. The molecule has 0 aromatic heterocycles. The van der Waals surface area contributed by atoms with Crippen LogP contribution in [-0.4, -0.2) is 36.8 Å². The Morgan fingerprint density at radius 1 is 1.08 bits per heavy atom. The first kappa shape index (κ1) is 20.8. The van der Waals surface area contributed by atoms with Gasteiger partial charge in [-0.15, -0.1) is 0 Å². The summed E-state index contributed by atoms with van der Waals surface area (Å²) in [7, 11) is 0. The minimum Gasteiger partial charge on any atom is -0.456 e. The predicted octanol–water partition coefficient (Wildman–Crippen LogP) is 2.44. The van der Waals surface area contributed by atoms with Gasteiger partial charge in [-0.2, -0.15) is 0 Å². The molecule has 7 nitrogen and oxygen atoms in total. The van der Waals surface area contributed by atoms with E-state index in [4.69, 9.17) is 4.74 Å². The van der Waals surface area contributed by atoms with E-state index in [9.17, 15) is 19.2 Å². The summed E-state index contributed by atoms with van der Waals surface area (Å²) in [5, 5.41) is 4.55. The second-order valence-corrected chi connectivity index (χ2v) is 6.66. The van der Waals surface area contributed by atoms with Crippen molar-refractivity contribution in [2.45, 2.75) is 26.7 Å². The first-order valence-electron chi connectivity index (χ1n) is 7.80. The van der Waals surface area contributed by atoms with Crippen LogP contribution in [0.25, 0.3) is 0 Å². The summed E-state index contributed by atoms with van der Waals surface area (Å²) in [6, 6.07) is 6.14. The lowest BCUT2D eigenvalue weighted by Crippen LogP contribution is -2.42. The van der Waals surface area contributed by atoms with Crippen LogP contribution in [0.15, 0.2) is 28.7 Å². The molecule has 0 fully saturated rings. The van der Waals surface area contributed by atoms with Crippen molar-refractivity contribution in [2.75, 3.05) is 13.2 Å². The maximum Gasteiger partial charge on any atom is 0.321 e. The fourth-order valence-electron chi connectivity index (χ4n) is 1.72. The third kappa shape index (κ3) is 8.99. The molecule has 0 bridgehead atoms. The fourth-order valence-corrected chi connectivity index (χ4v) is 1.98. The average molecular weight is 413 g/mol. The fraction of sp³-hybridized carbons (Fsp3) is 0.412. The maximum atomic E-state index is 11.9. The topological polar surface area (TPSA) is 102 Å². The van der Waals surface area contributed by atoms with Crippen LogP contribution in [-0.2, 0) is 14.3 Å². The van der Waals surface area contributed by atoms with E-state index in [1.807, 2.05) is 19.2 Å². The van der Waals surface area contributed by atoms with Crippen LogP contribution >= 0.6 is 15.9 Å². The summed E-state index contributed by atoms with van der Waals surface area (Å²) in [5.74, 6) is -1.35. The van der Waals surface area contributed by atoms with Gasteiger partial charge in [0.15, 0.2) is 12.4 Å². The SMILES string of the molecule is CC(C)CNC(=O)NC(=O)COC(=O)CCC(=O)c1ccc(Br)cc1. The van der Waals surface area contributed by atoms with Crippen LogP contribution in [0, 0.1) is 5.92 Å². The Bertz CT molecular complexity index is 628. The number of hydrogen-bond donors (Lipinski definition) is 2. The number of ether oxygens (including phenoxy) is 1. The van der Waals surface area contributed by atoms with Crippen molar-refractivity contribution in [1.82, 2.24) is 10.6 Å². The van der Waals surface area contributed by atoms with E-state index in [0.717, 1.165) is 4.47 Å². The number of hydrogen-bond acceptors (Lipinski definition) is 5. The van der Waals surface area contributed by atoms with Crippen LogP contribution in [0.4, 0.5) is 4.79 Å². The standard InChI is InChI=1S/C17H21BrN2O5/c1-11(2)9-19-17(24)20-15(22)10-25-16(23)8-7-14(21)12-3-5-13(18)6-4-12/h3-6,11H,7-10H2,1-2H3,(H2,19,20,22,24). The largest absolute Gasteiger partial charge is 0.456 e. The predicted molar refractivity (Wildman–Crippen MR) is 95.0 cm³/mol. The molecule has 1 aromatic carbocycles. The van der Waals surface area contributed by atoms with Gasteiger partial charge in [0, 0.05) is 23.0 Å². The van der Waals surface area contributed by atoms with Crippen LogP contribution in [0.5, 0.6) is 0 Å². The summed E-state index contributed by atoms with van der Waals surface area (Å²) >= 11 is 3.27. The molecule has 0 saturated heterocycles. The number of carbonyl (C=O) groups excluding carboxylic acids is 4. The van der Waals surface area contributed by atoms with Gasteiger partial charge in [0.1, 0.15) is 0 Å². The van der Waals surface area contributed by atoms with Crippen LogP contribution in [0.2, 0.25) is 0 Å². The molecule has 0 atom stereocenters. The molecule has 0 aliphatic carbocycles. The lowest BCUT2D eigenvalue weighted by molar-refractivity contribution is -0.148. The molecule has 0 saturated carbocycles. The molecule has 8 heteroatoms. The molecule has 0 aliphatic heterocycles. The molecule has 25 heavy (non-hydrogen) atoms. The molecule has 3 amide bonds. The highest BCUT2D eigenvalue weighted by Gasteiger charge is 2.13. The summed E-state index contributed by atoms with van der Waals surface area (Å²) in [6.45, 7) is 3.69. The number of esters is 1. The number of urea groups is 1. The quantitative estimate of drug-likeness (QED) is 0.504. The van der Waals surface area contributed by atoms with E-state index in [1.54, 1.807) is 24.3 Å². The van der Waals surface area contributed by atoms with Gasteiger partial charge in [-0.25, -0.2) is 4.79 Å². The Balaban J connectivity index is 2.25. The smallest absolute Gasteiger partial charge is 0.321 e. The van der Waals surface area contributed by atoms with Gasteiger partial charge in [0.2, 0.25) is 0 Å². The molecular formula is C17H21BrN2O5. The van der Waals surface area contributed by atoms with Crippen LogP contribution in [0.3, 0.4) is 0 Å². The van der Waals surface area contributed by atoms with Crippen molar-refractivity contribution < 1.29 is 23.9 Å². The van der Waals surface area contributed by atoms with E-state index in [1.165, 1.54) is 0 Å². The average Bonchev–Trinajstić information content (AvgIpc) is 2.56. The van der Waals surface area contributed by atoms with Crippen LogP contribution in [0.1, 0.15) is 37.0 Å². The molecule has 0 aliphatic rings. The number of rotatable bonds is 8. The van der Waals surface area contributed by atoms with Crippen molar-refractivity contribution in [2.24, 2.45) is 5.92 Å². The van der Waals surface area contributed by atoms with Crippen LogP contribution < -0.4 is 10.6 Å². The maximum absolute atomic E-state index is 11.9. The van der Waals surface area contributed by atoms with Gasteiger partial charge in [-0.3, -0.25) is 19.7 Å². The Kier molecular flexibility index (Phi) is 8.83. The van der Waals surface area contributed by atoms with Crippen molar-refractivity contribution in [3.8, 4) is 0 Å². The van der Waals surface area contributed by atoms with Gasteiger partial charge in [-0.1, -0.05) is 41.9 Å². The Hall–Kier alpha value is -2.22. The number of benzene rings is 1. The van der Waals surface area contributed by atoms with Gasteiger partial charge in [0.05, 0.1) is 6.42 Å². The van der Waals surface area contributed by atoms with Gasteiger partial charge in [-0.05, 0) is 18.1 Å². The zero-order valence-electron chi connectivity index (χ0n) is 14.1. The lowest BCUT2D eigenvalue weighted by Gasteiger charge is -2.09. The molecule has 0 radical (unpaired) electrons. The minimum atomic E-state index is -0.728. The number of carbonyl (C=O) groups is 4. The lowest BCUT2D eigenvalue weighted by atomic mass is 10.1. The third-order valence-corrected chi connectivity index (χ3v) is 3.54. The summed E-state index contributed by atoms with van der Waals surface area (Å²) in [4.78, 5) is 46.3. The second-order valence-electron chi connectivity index (χ2n) is 5.74. The molecule has 0 heterocycles. The van der Waals surface area contributed by atoms with Crippen molar-refractivity contribution in [1.29, 1.82) is 0 Å². The number of imide groups is 1. The number of nitrogens with one attached hydrogen (secondary N) is 2. The highest BCUT2D eigenvalue weighted by atomic mass is 79.9. The van der Waals surface area contributed by atoms with Crippen molar-refractivity contribution in [3.05, 3.63) is 34.3 Å². The molecule has 1 aromatic rings. The first-order chi connectivity index (χ1) is 11.8. The van der Waals surface area contributed by atoms with Crippen molar-refractivity contribution >= 4 is 39.6 Å². The highest BCUT2D eigenvalue weighted by Crippen LogP contribution is 2.12. The highest BCUT2D eigenvalue weighted by molar-refractivity contribution is 9.10. The molecule has 0 spiro atoms. The molecule has 0 unspecified atom stereocenters. The third-order valence-electron chi connectivity index (χ3n) is 3.01. The van der Waals surface area contributed by atoms with Gasteiger partial charge in [0.25, 0.3) is 5.91 Å².